The third-order valence-electron chi connectivity index (χ3n) is 3.46. The number of nitrogens with zero attached hydrogens (tertiary/aromatic N) is 3. The first-order chi connectivity index (χ1) is 11.2. The fourth-order valence-corrected chi connectivity index (χ4v) is 2.43. The topological polar surface area (TPSA) is 74.8 Å². The number of carbonyl (C=O) groups is 2. The average molecular weight is 318 g/mol. The van der Waals surface area contributed by atoms with E-state index in [9.17, 15) is 9.59 Å². The van der Waals surface area contributed by atoms with Crippen LogP contribution < -0.4 is 15.1 Å². The number of esters is 1. The summed E-state index contributed by atoms with van der Waals surface area (Å²) in [6.45, 7) is 8.01. The average Bonchev–Trinajstić information content (AvgIpc) is 2.55. The first-order valence-electron chi connectivity index (χ1n) is 7.69. The van der Waals surface area contributed by atoms with E-state index in [1.54, 1.807) is 24.1 Å². The Morgan fingerprint density at radius 2 is 2.30 bits per heavy atom. The predicted octanol–water partition coefficient (Wildman–Crippen LogP) is 1.56. The van der Waals surface area contributed by atoms with Gasteiger partial charge in [-0.05, 0) is 19.1 Å². The normalized spacial score (nSPS) is 13.3. The Morgan fingerprint density at radius 3 is 3.04 bits per heavy atom. The molecule has 0 unspecified atom stereocenters. The molecule has 7 heteroatoms. The molecular formula is C16H22N4O3. The van der Waals surface area contributed by atoms with Crippen molar-refractivity contribution in [2.75, 3.05) is 42.6 Å². The van der Waals surface area contributed by atoms with E-state index in [1.165, 1.54) is 0 Å². The zero-order valence-electron chi connectivity index (χ0n) is 13.3. The monoisotopic (exact) mass is 318 g/mol. The number of anilines is 2. The number of aromatic nitrogens is 1. The summed E-state index contributed by atoms with van der Waals surface area (Å²) in [5.74, 6) is 0.449. The molecule has 0 saturated heterocycles. The van der Waals surface area contributed by atoms with Crippen molar-refractivity contribution in [3.05, 3.63) is 31.0 Å². The van der Waals surface area contributed by atoms with Crippen molar-refractivity contribution in [2.24, 2.45) is 0 Å². The van der Waals surface area contributed by atoms with E-state index < -0.39 is 0 Å². The summed E-state index contributed by atoms with van der Waals surface area (Å²) in [5, 5.41) is 2.75. The summed E-state index contributed by atoms with van der Waals surface area (Å²) < 4.78 is 4.84. The summed E-state index contributed by atoms with van der Waals surface area (Å²) in [6, 6.07) is 3.43. The molecule has 1 aromatic heterocycles. The Balaban J connectivity index is 1.99. The molecule has 2 heterocycles. The summed E-state index contributed by atoms with van der Waals surface area (Å²) >= 11 is 0. The minimum atomic E-state index is -0.314. The van der Waals surface area contributed by atoms with Crippen LogP contribution in [0.25, 0.3) is 0 Å². The molecule has 0 atom stereocenters. The maximum Gasteiger partial charge on any atom is 0.322 e. The van der Waals surface area contributed by atoms with Crippen molar-refractivity contribution in [3.8, 4) is 0 Å². The van der Waals surface area contributed by atoms with E-state index in [1.807, 2.05) is 12.1 Å². The third kappa shape index (κ3) is 4.21. The van der Waals surface area contributed by atoms with Crippen molar-refractivity contribution < 1.29 is 14.3 Å². The van der Waals surface area contributed by atoms with Crippen LogP contribution in [0.2, 0.25) is 0 Å². The summed E-state index contributed by atoms with van der Waals surface area (Å²) in [5.41, 5.74) is 0.759. The fourth-order valence-electron chi connectivity index (χ4n) is 2.43. The second-order valence-electron chi connectivity index (χ2n) is 5.02. The highest BCUT2D eigenvalue weighted by molar-refractivity contribution is 5.96. The van der Waals surface area contributed by atoms with E-state index >= 15 is 0 Å². The molecule has 1 aromatic rings. The van der Waals surface area contributed by atoms with Gasteiger partial charge in [-0.1, -0.05) is 6.08 Å². The molecule has 1 N–H and O–H groups in total. The van der Waals surface area contributed by atoms with Crippen LogP contribution in [0, 0.1) is 0 Å². The van der Waals surface area contributed by atoms with Crippen molar-refractivity contribution in [1.82, 2.24) is 10.3 Å². The number of fused-ring (bicyclic) bond motifs is 1. The van der Waals surface area contributed by atoms with Crippen LogP contribution in [-0.2, 0) is 9.53 Å². The van der Waals surface area contributed by atoms with Gasteiger partial charge in [0, 0.05) is 32.4 Å². The Bertz CT molecular complexity index is 576. The molecule has 1 aliphatic heterocycles. The highest BCUT2D eigenvalue weighted by atomic mass is 16.5. The van der Waals surface area contributed by atoms with Gasteiger partial charge in [-0.2, -0.15) is 0 Å². The highest BCUT2D eigenvalue weighted by Crippen LogP contribution is 2.30. The molecule has 7 nitrogen and oxygen atoms in total. The molecule has 0 aromatic carbocycles. The van der Waals surface area contributed by atoms with Crippen LogP contribution in [0.4, 0.5) is 16.3 Å². The predicted molar refractivity (Wildman–Crippen MR) is 88.6 cm³/mol. The van der Waals surface area contributed by atoms with Crippen LogP contribution in [0.1, 0.15) is 13.3 Å². The summed E-state index contributed by atoms with van der Waals surface area (Å²) in [6.07, 6.45) is 3.68. The third-order valence-corrected chi connectivity index (χ3v) is 3.46. The van der Waals surface area contributed by atoms with E-state index in [-0.39, 0.29) is 25.0 Å². The maximum atomic E-state index is 12.4. The van der Waals surface area contributed by atoms with Crippen molar-refractivity contribution in [1.29, 1.82) is 0 Å². The Labute approximate surface area is 135 Å². The molecule has 2 amide bonds. The van der Waals surface area contributed by atoms with E-state index in [0.717, 1.165) is 11.5 Å². The SMILES string of the molecule is C=CCN1CCN(C(=O)NCCC(=O)OCC)c2cccnc21. The lowest BCUT2D eigenvalue weighted by molar-refractivity contribution is -0.142. The zero-order valence-corrected chi connectivity index (χ0v) is 13.3. The standard InChI is InChI=1S/C16H22N4O3/c1-3-10-19-11-12-20(13-6-5-8-17-15(13)19)16(22)18-9-7-14(21)23-4-2/h3,5-6,8H,1,4,7,9-12H2,2H3,(H,18,22). The lowest BCUT2D eigenvalue weighted by atomic mass is 10.2. The number of urea groups is 1. The number of hydrogen-bond donors (Lipinski definition) is 1. The van der Waals surface area contributed by atoms with E-state index in [0.29, 0.717) is 26.2 Å². The Kier molecular flexibility index (Phi) is 5.96. The second-order valence-corrected chi connectivity index (χ2v) is 5.02. The minimum Gasteiger partial charge on any atom is -0.466 e. The van der Waals surface area contributed by atoms with Gasteiger partial charge in [0.25, 0.3) is 0 Å². The van der Waals surface area contributed by atoms with Crippen LogP contribution in [0.15, 0.2) is 31.0 Å². The van der Waals surface area contributed by atoms with Crippen LogP contribution >= 0.6 is 0 Å². The smallest absolute Gasteiger partial charge is 0.322 e. The minimum absolute atomic E-state index is 0.163. The number of ether oxygens (including phenoxy) is 1. The second kappa shape index (κ2) is 8.17. The molecule has 124 valence electrons. The molecule has 0 bridgehead atoms. The zero-order chi connectivity index (χ0) is 16.7. The lowest BCUT2D eigenvalue weighted by Crippen LogP contribution is -2.48. The highest BCUT2D eigenvalue weighted by Gasteiger charge is 2.26. The quantitative estimate of drug-likeness (QED) is 0.636. The summed E-state index contributed by atoms with van der Waals surface area (Å²) in [7, 11) is 0. The number of carbonyl (C=O) groups excluding carboxylic acids is 2. The molecule has 0 fully saturated rings. The van der Waals surface area contributed by atoms with Gasteiger partial charge in [0.1, 0.15) is 0 Å². The van der Waals surface area contributed by atoms with Gasteiger partial charge < -0.3 is 15.0 Å². The molecular weight excluding hydrogens is 296 g/mol. The van der Waals surface area contributed by atoms with Crippen molar-refractivity contribution in [2.45, 2.75) is 13.3 Å². The first-order valence-corrected chi connectivity index (χ1v) is 7.69. The van der Waals surface area contributed by atoms with Gasteiger partial charge in [0.2, 0.25) is 0 Å². The first kappa shape index (κ1) is 16.8. The maximum absolute atomic E-state index is 12.4. The van der Waals surface area contributed by atoms with E-state index in [2.05, 4.69) is 21.8 Å². The fraction of sp³-hybridized carbons (Fsp3) is 0.438. The molecule has 0 aliphatic carbocycles. The molecule has 2 rings (SSSR count). The van der Waals surface area contributed by atoms with Crippen molar-refractivity contribution in [3.63, 3.8) is 0 Å². The van der Waals surface area contributed by atoms with E-state index in [4.69, 9.17) is 4.74 Å². The molecule has 0 radical (unpaired) electrons. The van der Waals surface area contributed by atoms with Crippen molar-refractivity contribution >= 4 is 23.5 Å². The number of amides is 2. The van der Waals surface area contributed by atoms with Gasteiger partial charge in [0.15, 0.2) is 5.82 Å². The number of rotatable bonds is 6. The number of hydrogen-bond acceptors (Lipinski definition) is 5. The van der Waals surface area contributed by atoms with Crippen LogP contribution in [0.5, 0.6) is 0 Å². The van der Waals surface area contributed by atoms with Gasteiger partial charge >= 0.3 is 12.0 Å². The van der Waals surface area contributed by atoms with Crippen LogP contribution in [0.3, 0.4) is 0 Å². The molecule has 23 heavy (non-hydrogen) atoms. The summed E-state index contributed by atoms with van der Waals surface area (Å²) in [4.78, 5) is 31.7. The van der Waals surface area contributed by atoms with Gasteiger partial charge in [-0.25, -0.2) is 9.78 Å². The number of nitrogens with one attached hydrogen (secondary N) is 1. The van der Waals surface area contributed by atoms with Gasteiger partial charge in [0.05, 0.1) is 18.7 Å². The Morgan fingerprint density at radius 1 is 1.48 bits per heavy atom. The molecule has 0 spiro atoms. The largest absolute Gasteiger partial charge is 0.466 e. The molecule has 0 saturated carbocycles. The molecule has 1 aliphatic rings. The van der Waals surface area contributed by atoms with Gasteiger partial charge in [-0.15, -0.1) is 6.58 Å². The Hall–Kier alpha value is -2.57. The van der Waals surface area contributed by atoms with Crippen LogP contribution in [-0.4, -0.2) is 49.8 Å². The van der Waals surface area contributed by atoms with Gasteiger partial charge in [-0.3, -0.25) is 9.69 Å². The number of pyridine rings is 1. The lowest BCUT2D eigenvalue weighted by Gasteiger charge is -2.36.